The molecule has 0 aliphatic carbocycles. The Morgan fingerprint density at radius 1 is 0.279 bits per heavy atom. The smallest absolute Gasteiger partial charge is 0.416 e. The third-order valence-electron chi connectivity index (χ3n) is 21.1. The van der Waals surface area contributed by atoms with E-state index in [0.29, 0.717) is 31.9 Å². The van der Waals surface area contributed by atoms with Crippen LogP contribution in [-0.2, 0) is 6.18 Å². The van der Waals surface area contributed by atoms with Crippen LogP contribution in [0.1, 0.15) is 5.56 Å². The number of rotatable bonds is 9. The first-order chi connectivity index (χ1) is 54.4. The van der Waals surface area contributed by atoms with E-state index in [1.54, 1.807) is 19.4 Å². The molecule has 4 aliphatic heterocycles. The van der Waals surface area contributed by atoms with Gasteiger partial charge in [-0.15, -0.1) is 0 Å². The van der Waals surface area contributed by atoms with E-state index in [-0.39, 0.29) is 5.82 Å². The van der Waals surface area contributed by atoms with Crippen LogP contribution in [-0.4, -0.2) is 157 Å². The number of para-hydroxylation sites is 2. The number of hydrogen-bond donors (Lipinski definition) is 0. The van der Waals surface area contributed by atoms with E-state index < -0.39 is 11.7 Å². The highest BCUT2D eigenvalue weighted by Gasteiger charge is 2.32. The SMILES string of the molecule is COc1ccccc1N1CCN(c2cnc3cc4ccccc4cc3n2)CC1.FC(F)(F)c1cccc(N2CCN(c3cnc4cc5ccccc5cc4n3)CC2)c1.Fc1ccc(N2CCN(c3cnc4cc5ccccc5cc4n3)CC2)cc1.c1ccc(N2CCN(c3cnc4cc5ccccc5cc4n3)CC2)nc1. The Kier molecular flexibility index (Phi) is 20.2. The predicted octanol–water partition coefficient (Wildman–Crippen LogP) is 17.0. The number of pyridine rings is 1. The molecule has 0 unspecified atom stereocenters. The fraction of sp³-hybridized carbons (Fsp3) is 0.202. The fourth-order valence-electron chi connectivity index (χ4n) is 15.1. The molecule has 0 saturated carbocycles. The van der Waals surface area contributed by atoms with Gasteiger partial charge in [-0.25, -0.2) is 29.3 Å². The minimum absolute atomic E-state index is 0.198. The summed E-state index contributed by atoms with van der Waals surface area (Å²) >= 11 is 0. The van der Waals surface area contributed by atoms with Crippen molar-refractivity contribution in [2.24, 2.45) is 0 Å². The highest BCUT2D eigenvalue weighted by Crippen LogP contribution is 2.35. The average molecular weight is 1480 g/mol. The summed E-state index contributed by atoms with van der Waals surface area (Å²) in [7, 11) is 1.73. The molecule has 4 fully saturated rings. The van der Waals surface area contributed by atoms with Gasteiger partial charge in [0.1, 0.15) is 40.7 Å². The molecule has 0 N–H and O–H groups in total. The minimum Gasteiger partial charge on any atom is -0.495 e. The van der Waals surface area contributed by atoms with Crippen molar-refractivity contribution < 1.29 is 22.3 Å². The largest absolute Gasteiger partial charge is 0.495 e. The van der Waals surface area contributed by atoms with E-state index in [1.165, 1.54) is 56.6 Å². The van der Waals surface area contributed by atoms with E-state index in [9.17, 15) is 17.6 Å². The molecule has 0 amide bonds. The van der Waals surface area contributed by atoms with Crippen LogP contribution in [0.2, 0.25) is 0 Å². The molecule has 0 bridgehead atoms. The maximum Gasteiger partial charge on any atom is 0.416 e. The highest BCUT2D eigenvalue weighted by atomic mass is 19.4. The Morgan fingerprint density at radius 3 is 0.946 bits per heavy atom. The highest BCUT2D eigenvalue weighted by molar-refractivity contribution is 5.98. The normalized spacial score (nSPS) is 14.9. The summed E-state index contributed by atoms with van der Waals surface area (Å²) in [6, 6.07) is 76.3. The third-order valence-corrected chi connectivity index (χ3v) is 21.1. The van der Waals surface area contributed by atoms with Crippen LogP contribution in [0.4, 0.5) is 63.7 Å². The Bertz CT molecular complexity index is 5970. The van der Waals surface area contributed by atoms with E-state index in [4.69, 9.17) is 24.7 Å². The number of nitrogens with zero attached hydrogens (tertiary/aromatic N) is 17. The molecular weight excluding hydrogens is 1400 g/mol. The van der Waals surface area contributed by atoms with E-state index >= 15 is 0 Å². The van der Waals surface area contributed by atoms with Crippen LogP contribution in [0.3, 0.4) is 0 Å². The number of ether oxygens (including phenoxy) is 1. The zero-order valence-corrected chi connectivity index (χ0v) is 61.2. The van der Waals surface area contributed by atoms with Gasteiger partial charge < -0.3 is 43.9 Å². The number of halogens is 4. The molecule has 22 heteroatoms. The van der Waals surface area contributed by atoms with Crippen LogP contribution in [0.25, 0.3) is 87.2 Å². The van der Waals surface area contributed by atoms with Crippen LogP contribution in [0.5, 0.6) is 5.75 Å². The summed E-state index contributed by atoms with van der Waals surface area (Å²) < 4.78 is 57.6. The molecule has 0 spiro atoms. The molecule has 9 heterocycles. The zero-order chi connectivity index (χ0) is 75.2. The Hall–Kier alpha value is -13.1. The molecule has 0 radical (unpaired) electrons. The molecular formula is C89H79F4N17O. The summed E-state index contributed by atoms with van der Waals surface area (Å²) in [5.41, 5.74) is 9.51. The Balaban J connectivity index is 0.000000108. The lowest BCUT2D eigenvalue weighted by molar-refractivity contribution is -0.137. The van der Waals surface area contributed by atoms with Crippen LogP contribution >= 0.6 is 0 Å². The molecule has 5 aromatic heterocycles. The average Bonchev–Trinajstić information content (AvgIpc) is 0.803. The van der Waals surface area contributed by atoms with Gasteiger partial charge in [0.25, 0.3) is 0 Å². The van der Waals surface area contributed by atoms with Gasteiger partial charge in [-0.05, 0) is 158 Å². The van der Waals surface area contributed by atoms with Gasteiger partial charge in [0, 0.05) is 122 Å². The number of fused-ring (bicyclic) bond motifs is 8. The lowest BCUT2D eigenvalue weighted by Crippen LogP contribution is -2.47. The molecule has 4 aliphatic rings. The number of piperazine rings is 4. The van der Waals surface area contributed by atoms with Crippen molar-refractivity contribution in [3.63, 3.8) is 0 Å². The fourth-order valence-corrected chi connectivity index (χ4v) is 15.1. The quantitative estimate of drug-likeness (QED) is 0.0994. The minimum atomic E-state index is -4.33. The lowest BCUT2D eigenvalue weighted by Gasteiger charge is -2.37. The molecule has 4 saturated heterocycles. The van der Waals surface area contributed by atoms with Crippen molar-refractivity contribution in [2.75, 3.05) is 151 Å². The first-order valence-corrected chi connectivity index (χ1v) is 37.5. The van der Waals surface area contributed by atoms with Gasteiger partial charge in [0.2, 0.25) is 0 Å². The van der Waals surface area contributed by atoms with Crippen LogP contribution < -0.4 is 43.9 Å². The molecule has 20 rings (SSSR count). The van der Waals surface area contributed by atoms with Crippen molar-refractivity contribution in [1.82, 2.24) is 44.9 Å². The molecule has 18 nitrogen and oxygen atoms in total. The standard InChI is InChI=1S/C23H19F3N4.C23H22N4O.C22H19FN4.C21H19N5/c24-23(25,26)18-6-3-7-19(14-18)29-8-10-30(11-9-29)22-15-27-20-12-16-4-1-2-5-17(16)13-21(20)28-22;1-28-22-9-5-4-8-21(22)26-10-12-27(13-11-26)23-16-24-19-14-17-6-2-3-7-18(17)15-20(19)25-23;23-18-5-7-19(8-6-18)26-9-11-27(12-10-26)22-15-24-20-13-16-3-1-2-4-17(16)14-21(20)25-22;1-2-6-17-14-19-18(13-16(17)5-1)23-15-21(24-19)26-11-9-25(10-12-26)20-7-3-4-8-22-20/h1-7,12-15H,8-11H2;2-9,14-16H,10-13H2,1H3;1-8,13-15H,9-12H2;1-8,13-15H,9-12H2. The first-order valence-electron chi connectivity index (χ1n) is 37.5. The zero-order valence-electron chi connectivity index (χ0n) is 61.2. The van der Waals surface area contributed by atoms with Crippen molar-refractivity contribution in [3.8, 4) is 5.75 Å². The lowest BCUT2D eigenvalue weighted by atomic mass is 10.1. The number of methoxy groups -OCH3 is 1. The van der Waals surface area contributed by atoms with Gasteiger partial charge in [-0.3, -0.25) is 19.9 Å². The van der Waals surface area contributed by atoms with Crippen LogP contribution in [0.15, 0.2) is 268 Å². The molecule has 111 heavy (non-hydrogen) atoms. The maximum absolute atomic E-state index is 13.1. The van der Waals surface area contributed by atoms with E-state index in [1.807, 2.05) is 102 Å². The molecule has 16 aromatic rings. The van der Waals surface area contributed by atoms with Gasteiger partial charge in [-0.2, -0.15) is 13.2 Å². The molecule has 11 aromatic carbocycles. The third kappa shape index (κ3) is 15.9. The predicted molar refractivity (Wildman–Crippen MR) is 441 cm³/mol. The summed E-state index contributed by atoms with van der Waals surface area (Å²) in [6.07, 6.45) is 4.95. The van der Waals surface area contributed by atoms with E-state index in [0.717, 1.165) is 186 Å². The van der Waals surface area contributed by atoms with Gasteiger partial charge >= 0.3 is 6.18 Å². The Morgan fingerprint density at radius 2 is 0.595 bits per heavy atom. The number of benzene rings is 11. The summed E-state index contributed by atoms with van der Waals surface area (Å²) in [4.78, 5) is 60.4. The number of hydrogen-bond acceptors (Lipinski definition) is 18. The van der Waals surface area contributed by atoms with Crippen molar-refractivity contribution >= 4 is 133 Å². The number of anilines is 8. The molecule has 0 atom stereocenters. The summed E-state index contributed by atoms with van der Waals surface area (Å²) in [6.45, 7) is 13.5. The van der Waals surface area contributed by atoms with Gasteiger partial charge in [-0.1, -0.05) is 121 Å². The first kappa shape index (κ1) is 70.8. The number of aromatic nitrogens is 9. The maximum atomic E-state index is 13.1. The molecule has 554 valence electrons. The summed E-state index contributed by atoms with van der Waals surface area (Å²) in [5, 5.41) is 9.40. The topological polar surface area (TPSA) is 151 Å². The second-order valence-electron chi connectivity index (χ2n) is 27.9. The van der Waals surface area contributed by atoms with Gasteiger partial charge in [0.15, 0.2) is 0 Å². The van der Waals surface area contributed by atoms with E-state index in [2.05, 4.69) is 187 Å². The van der Waals surface area contributed by atoms with Gasteiger partial charge in [0.05, 0.1) is 87.3 Å². The second kappa shape index (κ2) is 31.6. The Labute approximate surface area is 639 Å². The van der Waals surface area contributed by atoms with Crippen molar-refractivity contribution in [1.29, 1.82) is 0 Å². The van der Waals surface area contributed by atoms with Crippen LogP contribution in [0, 0.1) is 5.82 Å². The van der Waals surface area contributed by atoms with Crippen molar-refractivity contribution in [3.05, 3.63) is 279 Å². The number of alkyl halides is 3. The summed E-state index contributed by atoms with van der Waals surface area (Å²) in [5.74, 6) is 5.38. The van der Waals surface area contributed by atoms with Crippen molar-refractivity contribution in [2.45, 2.75) is 6.18 Å². The monoisotopic (exact) mass is 1480 g/mol. The second-order valence-corrected chi connectivity index (χ2v) is 27.9.